The minimum absolute atomic E-state index is 0.206. The maximum absolute atomic E-state index is 6.19. The van der Waals surface area contributed by atoms with Crippen LogP contribution in [0.25, 0.3) is 0 Å². The molecule has 0 aliphatic heterocycles. The highest BCUT2D eigenvalue weighted by molar-refractivity contribution is 7.10. The quantitative estimate of drug-likeness (QED) is 0.909. The number of rotatable bonds is 4. The lowest BCUT2D eigenvalue weighted by Gasteiger charge is -2.22. The van der Waals surface area contributed by atoms with Gasteiger partial charge in [0.1, 0.15) is 0 Å². The molecule has 0 aliphatic rings. The van der Waals surface area contributed by atoms with Crippen molar-refractivity contribution < 1.29 is 0 Å². The zero-order valence-corrected chi connectivity index (χ0v) is 11.4. The summed E-state index contributed by atoms with van der Waals surface area (Å²) in [5, 5.41) is 6.18. The lowest BCUT2D eigenvalue weighted by atomic mass is 9.96. The first-order valence-electron chi connectivity index (χ1n) is 5.55. The van der Waals surface area contributed by atoms with Gasteiger partial charge in [-0.2, -0.15) is 0 Å². The minimum Gasteiger partial charge on any atom is -0.312 e. The normalized spacial score (nSPS) is 14.5. The predicted octanol–water partition coefficient (Wildman–Crippen LogP) is 3.86. The van der Waals surface area contributed by atoms with Crippen LogP contribution in [-0.4, -0.2) is 12.0 Å². The Morgan fingerprint density at radius 1 is 1.35 bits per heavy atom. The molecule has 90 valence electrons. The molecule has 2 atom stereocenters. The van der Waals surface area contributed by atoms with E-state index in [1.54, 1.807) is 11.3 Å². The van der Waals surface area contributed by atoms with Crippen molar-refractivity contribution in [3.05, 3.63) is 51.4 Å². The van der Waals surface area contributed by atoms with E-state index in [9.17, 15) is 0 Å². The molecule has 4 heteroatoms. The van der Waals surface area contributed by atoms with Gasteiger partial charge in [-0.1, -0.05) is 24.6 Å². The monoisotopic (exact) mass is 266 g/mol. The highest BCUT2D eigenvalue weighted by atomic mass is 35.5. The molecule has 0 amide bonds. The van der Waals surface area contributed by atoms with Gasteiger partial charge in [0.15, 0.2) is 0 Å². The molecule has 2 rings (SSSR count). The number of likely N-dealkylation sites (N-methyl/N-ethyl adjacent to an activating group) is 1. The third kappa shape index (κ3) is 2.68. The number of halogens is 1. The summed E-state index contributed by atoms with van der Waals surface area (Å²) < 4.78 is 0. The fraction of sp³-hybridized carbons (Fsp3) is 0.308. The third-order valence-electron chi connectivity index (χ3n) is 2.89. The molecular weight excluding hydrogens is 252 g/mol. The van der Waals surface area contributed by atoms with Gasteiger partial charge in [0.2, 0.25) is 0 Å². The van der Waals surface area contributed by atoms with Crippen LogP contribution in [0.4, 0.5) is 0 Å². The number of aromatic nitrogens is 1. The molecule has 0 bridgehead atoms. The Labute approximate surface area is 111 Å². The number of nitrogens with one attached hydrogen (secondary N) is 1. The molecule has 2 aromatic heterocycles. The number of hydrogen-bond donors (Lipinski definition) is 1. The smallest absolute Gasteiger partial charge is 0.0561 e. The molecule has 2 heterocycles. The second-order valence-corrected chi connectivity index (χ2v) is 5.30. The Morgan fingerprint density at radius 2 is 2.18 bits per heavy atom. The van der Waals surface area contributed by atoms with Crippen molar-refractivity contribution in [3.63, 3.8) is 0 Å². The third-order valence-corrected chi connectivity index (χ3v) is 4.33. The van der Waals surface area contributed by atoms with Crippen LogP contribution >= 0.6 is 22.9 Å². The molecule has 0 spiro atoms. The Balaban J connectivity index is 2.28. The summed E-state index contributed by atoms with van der Waals surface area (Å²) in [6.07, 6.45) is 1.83. The Morgan fingerprint density at radius 3 is 2.71 bits per heavy atom. The van der Waals surface area contributed by atoms with E-state index < -0.39 is 0 Å². The molecular formula is C13H15ClN2S. The summed E-state index contributed by atoms with van der Waals surface area (Å²) in [5.41, 5.74) is 1.08. The summed E-state index contributed by atoms with van der Waals surface area (Å²) in [6, 6.07) is 8.15. The fourth-order valence-electron chi connectivity index (χ4n) is 1.95. The summed E-state index contributed by atoms with van der Waals surface area (Å²) >= 11 is 7.88. The summed E-state index contributed by atoms with van der Waals surface area (Å²) in [7, 11) is 1.96. The SMILES string of the molecule is CNC(c1sccc1Cl)C(C)c1ccccn1. The van der Waals surface area contributed by atoms with Crippen LogP contribution in [0.5, 0.6) is 0 Å². The minimum atomic E-state index is 0.206. The van der Waals surface area contributed by atoms with E-state index in [1.165, 1.54) is 4.88 Å². The molecule has 0 aromatic carbocycles. The Kier molecular flexibility index (Phi) is 4.15. The Bertz CT molecular complexity index is 469. The molecule has 0 saturated carbocycles. The second kappa shape index (κ2) is 5.63. The molecule has 0 radical (unpaired) electrons. The highest BCUT2D eigenvalue weighted by Crippen LogP contribution is 2.36. The van der Waals surface area contributed by atoms with Gasteiger partial charge in [-0.15, -0.1) is 11.3 Å². The van der Waals surface area contributed by atoms with Gasteiger partial charge in [-0.05, 0) is 30.6 Å². The van der Waals surface area contributed by atoms with E-state index in [2.05, 4.69) is 23.3 Å². The van der Waals surface area contributed by atoms with Crippen LogP contribution in [0, 0.1) is 0 Å². The van der Waals surface area contributed by atoms with E-state index in [-0.39, 0.29) is 12.0 Å². The van der Waals surface area contributed by atoms with Crippen LogP contribution in [0.2, 0.25) is 5.02 Å². The number of nitrogens with zero attached hydrogens (tertiary/aromatic N) is 1. The van der Waals surface area contributed by atoms with Crippen molar-refractivity contribution in [2.45, 2.75) is 18.9 Å². The van der Waals surface area contributed by atoms with E-state index >= 15 is 0 Å². The molecule has 2 aromatic rings. The van der Waals surface area contributed by atoms with Crippen LogP contribution in [0.1, 0.15) is 29.5 Å². The van der Waals surface area contributed by atoms with Crippen molar-refractivity contribution in [1.82, 2.24) is 10.3 Å². The van der Waals surface area contributed by atoms with E-state index in [0.29, 0.717) is 0 Å². The summed E-state index contributed by atoms with van der Waals surface area (Å²) in [6.45, 7) is 2.17. The van der Waals surface area contributed by atoms with Gasteiger partial charge >= 0.3 is 0 Å². The van der Waals surface area contributed by atoms with Crippen LogP contribution in [0.3, 0.4) is 0 Å². The largest absolute Gasteiger partial charge is 0.312 e. The standard InChI is InChI=1S/C13H15ClN2S/c1-9(11-5-3-4-7-16-11)12(15-2)13-10(14)6-8-17-13/h3-9,12,15H,1-2H3. The average molecular weight is 267 g/mol. The number of pyridine rings is 1. The molecule has 1 N–H and O–H groups in total. The van der Waals surface area contributed by atoms with Crippen LogP contribution in [0.15, 0.2) is 35.8 Å². The van der Waals surface area contributed by atoms with Gasteiger partial charge in [0.05, 0.1) is 11.1 Å². The van der Waals surface area contributed by atoms with Gasteiger partial charge in [-0.3, -0.25) is 4.98 Å². The van der Waals surface area contributed by atoms with Gasteiger partial charge in [-0.25, -0.2) is 0 Å². The highest BCUT2D eigenvalue weighted by Gasteiger charge is 2.23. The first-order valence-corrected chi connectivity index (χ1v) is 6.81. The van der Waals surface area contributed by atoms with Crippen molar-refractivity contribution >= 4 is 22.9 Å². The van der Waals surface area contributed by atoms with Crippen molar-refractivity contribution in [2.24, 2.45) is 0 Å². The maximum atomic E-state index is 6.19. The molecule has 17 heavy (non-hydrogen) atoms. The first-order chi connectivity index (χ1) is 8.24. The summed E-state index contributed by atoms with van der Waals surface area (Å²) in [4.78, 5) is 5.58. The lowest BCUT2D eigenvalue weighted by molar-refractivity contribution is 0.507. The zero-order valence-electron chi connectivity index (χ0n) is 9.85. The topological polar surface area (TPSA) is 24.9 Å². The maximum Gasteiger partial charge on any atom is 0.0561 e. The molecule has 2 unspecified atom stereocenters. The van der Waals surface area contributed by atoms with E-state index in [1.807, 2.05) is 36.8 Å². The van der Waals surface area contributed by atoms with Crippen molar-refractivity contribution in [1.29, 1.82) is 0 Å². The number of thiophene rings is 1. The lowest BCUT2D eigenvalue weighted by Crippen LogP contribution is -2.22. The van der Waals surface area contributed by atoms with Crippen LogP contribution < -0.4 is 5.32 Å². The van der Waals surface area contributed by atoms with Gasteiger partial charge in [0, 0.05) is 22.7 Å². The van der Waals surface area contributed by atoms with Gasteiger partial charge in [0.25, 0.3) is 0 Å². The molecule has 0 saturated heterocycles. The average Bonchev–Trinajstić information content (AvgIpc) is 2.78. The first kappa shape index (κ1) is 12.6. The number of hydrogen-bond acceptors (Lipinski definition) is 3. The summed E-state index contributed by atoms with van der Waals surface area (Å²) in [5.74, 6) is 0.289. The van der Waals surface area contributed by atoms with Crippen molar-refractivity contribution in [2.75, 3.05) is 7.05 Å². The van der Waals surface area contributed by atoms with Crippen molar-refractivity contribution in [3.8, 4) is 0 Å². The van der Waals surface area contributed by atoms with E-state index in [4.69, 9.17) is 11.6 Å². The van der Waals surface area contributed by atoms with Crippen LogP contribution in [-0.2, 0) is 0 Å². The van der Waals surface area contributed by atoms with E-state index in [0.717, 1.165) is 10.7 Å². The zero-order chi connectivity index (χ0) is 12.3. The molecule has 0 aliphatic carbocycles. The predicted molar refractivity (Wildman–Crippen MR) is 73.8 cm³/mol. The fourth-order valence-corrected chi connectivity index (χ4v) is 3.34. The second-order valence-electron chi connectivity index (χ2n) is 3.94. The molecule has 0 fully saturated rings. The molecule has 2 nitrogen and oxygen atoms in total. The Hall–Kier alpha value is -0.900. The van der Waals surface area contributed by atoms with Gasteiger partial charge < -0.3 is 5.32 Å².